The van der Waals surface area contributed by atoms with Gasteiger partial charge in [-0.15, -0.1) is 0 Å². The van der Waals surface area contributed by atoms with Gasteiger partial charge >= 0.3 is 0 Å². The summed E-state index contributed by atoms with van der Waals surface area (Å²) >= 11 is 6.26. The van der Waals surface area contributed by atoms with Crippen LogP contribution in [0.4, 0.5) is 5.69 Å². The van der Waals surface area contributed by atoms with Crippen LogP contribution in [0.3, 0.4) is 0 Å². The summed E-state index contributed by atoms with van der Waals surface area (Å²) in [6, 6.07) is 6.43. The highest BCUT2D eigenvalue weighted by Gasteiger charge is 2.21. The molecule has 0 aromatic heterocycles. The number of anilines is 1. The van der Waals surface area contributed by atoms with Crippen molar-refractivity contribution in [2.45, 2.75) is 33.2 Å². The summed E-state index contributed by atoms with van der Waals surface area (Å²) in [7, 11) is 0. The number of halogens is 1. The van der Waals surface area contributed by atoms with Crippen LogP contribution >= 0.6 is 11.6 Å². The van der Waals surface area contributed by atoms with Crippen molar-refractivity contribution in [2.75, 3.05) is 50.7 Å². The second kappa shape index (κ2) is 7.87. The van der Waals surface area contributed by atoms with E-state index in [1.54, 1.807) is 0 Å². The Labute approximate surface area is 146 Å². The van der Waals surface area contributed by atoms with Crippen LogP contribution in [0.25, 0.3) is 0 Å². The van der Waals surface area contributed by atoms with E-state index in [9.17, 15) is 0 Å². The lowest BCUT2D eigenvalue weighted by molar-refractivity contribution is 0.131. The van der Waals surface area contributed by atoms with Gasteiger partial charge in [-0.3, -0.25) is 4.90 Å². The molecule has 0 aliphatic carbocycles. The summed E-state index contributed by atoms with van der Waals surface area (Å²) in [6.45, 7) is 13.7. The van der Waals surface area contributed by atoms with Gasteiger partial charge in [-0.05, 0) is 36.5 Å². The van der Waals surface area contributed by atoms with E-state index in [-0.39, 0.29) is 0 Å². The van der Waals surface area contributed by atoms with Crippen LogP contribution in [0, 0.1) is 5.92 Å². The van der Waals surface area contributed by atoms with E-state index in [1.165, 1.54) is 56.2 Å². The Morgan fingerprint density at radius 1 is 0.957 bits per heavy atom. The fraction of sp³-hybridized carbons (Fsp3) is 0.632. The van der Waals surface area contributed by atoms with Crippen molar-refractivity contribution < 1.29 is 0 Å². The Bertz CT molecular complexity index is 503. The number of piperazine rings is 1. The monoisotopic (exact) mass is 334 g/mol. The second-order valence-corrected chi connectivity index (χ2v) is 7.66. The molecule has 0 amide bonds. The topological polar surface area (TPSA) is 9.72 Å². The lowest BCUT2D eigenvalue weighted by Gasteiger charge is -2.36. The molecule has 1 aromatic carbocycles. The van der Waals surface area contributed by atoms with Gasteiger partial charge in [0.25, 0.3) is 0 Å². The molecular formula is C19H29ClN3. The van der Waals surface area contributed by atoms with E-state index in [1.807, 2.05) is 6.07 Å². The molecule has 0 atom stereocenters. The minimum absolute atomic E-state index is 0.856. The first kappa shape index (κ1) is 17.1. The maximum atomic E-state index is 6.26. The normalized spacial score (nSPS) is 20.6. The third kappa shape index (κ3) is 4.62. The van der Waals surface area contributed by atoms with E-state index < -0.39 is 0 Å². The maximum absolute atomic E-state index is 6.26. The smallest absolute Gasteiger partial charge is 0.0426 e. The van der Waals surface area contributed by atoms with Crippen molar-refractivity contribution in [1.82, 2.24) is 9.80 Å². The second-order valence-electron chi connectivity index (χ2n) is 7.23. The van der Waals surface area contributed by atoms with Crippen molar-refractivity contribution in [2.24, 2.45) is 0 Å². The summed E-state index contributed by atoms with van der Waals surface area (Å²) in [5.74, 6) is 1.51. The molecule has 0 bridgehead atoms. The zero-order chi connectivity index (χ0) is 16.2. The molecule has 2 heterocycles. The van der Waals surface area contributed by atoms with Crippen molar-refractivity contribution in [1.29, 1.82) is 0 Å². The molecule has 23 heavy (non-hydrogen) atoms. The Balaban J connectivity index is 1.62. The van der Waals surface area contributed by atoms with Crippen LogP contribution in [0.5, 0.6) is 0 Å². The zero-order valence-electron chi connectivity index (χ0n) is 14.5. The highest BCUT2D eigenvalue weighted by atomic mass is 35.5. The number of benzene rings is 1. The van der Waals surface area contributed by atoms with Crippen molar-refractivity contribution in [3.63, 3.8) is 0 Å². The molecule has 2 saturated heterocycles. The summed E-state index contributed by atoms with van der Waals surface area (Å²) in [5.41, 5.74) is 2.79. The summed E-state index contributed by atoms with van der Waals surface area (Å²) in [6.07, 6.45) is 2.61. The lowest BCUT2D eigenvalue weighted by Crippen LogP contribution is -2.46. The van der Waals surface area contributed by atoms with Gasteiger partial charge in [0.15, 0.2) is 0 Å². The Morgan fingerprint density at radius 2 is 1.61 bits per heavy atom. The molecule has 3 rings (SSSR count). The molecule has 0 spiro atoms. The molecule has 4 heteroatoms. The molecule has 0 N–H and O–H groups in total. The molecule has 2 aliphatic heterocycles. The molecule has 2 fully saturated rings. The Kier molecular flexibility index (Phi) is 5.84. The molecule has 1 radical (unpaired) electrons. The van der Waals surface area contributed by atoms with Crippen molar-refractivity contribution in [3.05, 3.63) is 34.7 Å². The van der Waals surface area contributed by atoms with E-state index in [0.29, 0.717) is 0 Å². The summed E-state index contributed by atoms with van der Waals surface area (Å²) < 4.78 is 0. The average Bonchev–Trinajstić information content (AvgIpc) is 3.04. The minimum atomic E-state index is 0.856. The van der Waals surface area contributed by atoms with Gasteiger partial charge in [0, 0.05) is 63.1 Å². The van der Waals surface area contributed by atoms with Gasteiger partial charge < -0.3 is 9.80 Å². The quantitative estimate of drug-likeness (QED) is 0.813. The fourth-order valence-corrected chi connectivity index (χ4v) is 3.88. The van der Waals surface area contributed by atoms with Crippen molar-refractivity contribution in [3.8, 4) is 0 Å². The molecule has 127 valence electrons. The van der Waals surface area contributed by atoms with E-state index in [0.717, 1.165) is 31.2 Å². The van der Waals surface area contributed by atoms with Gasteiger partial charge in [0.05, 0.1) is 0 Å². The highest BCUT2D eigenvalue weighted by molar-refractivity contribution is 6.30. The first-order chi connectivity index (χ1) is 11.1. The third-order valence-electron chi connectivity index (χ3n) is 4.89. The minimum Gasteiger partial charge on any atom is -0.371 e. The molecular weight excluding hydrogens is 306 g/mol. The number of nitrogens with zero attached hydrogens (tertiary/aromatic N) is 3. The van der Waals surface area contributed by atoms with Crippen molar-refractivity contribution >= 4 is 17.3 Å². The number of hydrogen-bond donors (Lipinski definition) is 0. The van der Waals surface area contributed by atoms with Gasteiger partial charge in [0.2, 0.25) is 0 Å². The number of hydrogen-bond acceptors (Lipinski definition) is 3. The fourth-order valence-electron chi connectivity index (χ4n) is 3.72. The van der Waals surface area contributed by atoms with Gasteiger partial charge in [-0.1, -0.05) is 31.5 Å². The van der Waals surface area contributed by atoms with Crippen LogP contribution in [0.2, 0.25) is 5.02 Å². The van der Waals surface area contributed by atoms with Crippen LogP contribution in [0.15, 0.2) is 18.2 Å². The molecule has 0 saturated carbocycles. The SMILES string of the molecule is C[C](C)CN1CCN(Cc2ccc(Cl)cc2N2CCCC2)CC1. The highest BCUT2D eigenvalue weighted by Crippen LogP contribution is 2.29. The first-order valence-corrected chi connectivity index (χ1v) is 9.27. The van der Waals surface area contributed by atoms with E-state index >= 15 is 0 Å². The lowest BCUT2D eigenvalue weighted by atomic mass is 10.1. The van der Waals surface area contributed by atoms with E-state index in [4.69, 9.17) is 11.6 Å². The first-order valence-electron chi connectivity index (χ1n) is 8.89. The third-order valence-corrected chi connectivity index (χ3v) is 5.13. The maximum Gasteiger partial charge on any atom is 0.0426 e. The van der Waals surface area contributed by atoms with E-state index in [2.05, 4.69) is 40.7 Å². The summed E-state index contributed by atoms with van der Waals surface area (Å²) in [4.78, 5) is 7.66. The number of rotatable bonds is 5. The zero-order valence-corrected chi connectivity index (χ0v) is 15.3. The van der Waals surface area contributed by atoms with Gasteiger partial charge in [0.1, 0.15) is 0 Å². The van der Waals surface area contributed by atoms with Gasteiger partial charge in [-0.2, -0.15) is 0 Å². The van der Waals surface area contributed by atoms with Gasteiger partial charge in [-0.25, -0.2) is 0 Å². The predicted molar refractivity (Wildman–Crippen MR) is 99.2 cm³/mol. The summed E-state index contributed by atoms with van der Waals surface area (Å²) in [5, 5.41) is 0.856. The predicted octanol–water partition coefficient (Wildman–Crippen LogP) is 3.67. The standard InChI is InChI=1S/C19H29ClN3/c1-16(2)14-21-9-11-22(12-10-21)15-17-5-6-18(20)13-19(17)23-7-3-4-8-23/h5-6,13H,3-4,7-12,14-15H2,1-2H3. The average molecular weight is 335 g/mol. The molecule has 3 nitrogen and oxygen atoms in total. The largest absolute Gasteiger partial charge is 0.371 e. The van der Waals surface area contributed by atoms with Crippen LogP contribution < -0.4 is 4.90 Å². The molecule has 2 aliphatic rings. The molecule has 1 aromatic rings. The van der Waals surface area contributed by atoms with Crippen LogP contribution in [-0.2, 0) is 6.54 Å². The van der Waals surface area contributed by atoms with Crippen LogP contribution in [-0.4, -0.2) is 55.6 Å². The molecule has 0 unspecified atom stereocenters. The van der Waals surface area contributed by atoms with Crippen LogP contribution in [0.1, 0.15) is 32.3 Å². The Hall–Kier alpha value is -0.770. The Morgan fingerprint density at radius 3 is 2.26 bits per heavy atom.